The van der Waals surface area contributed by atoms with Gasteiger partial charge >= 0.3 is 0 Å². The molecule has 1 N–H and O–H groups in total. The summed E-state index contributed by atoms with van der Waals surface area (Å²) in [5.41, 5.74) is 4.55. The zero-order valence-corrected chi connectivity index (χ0v) is 10.4. The van der Waals surface area contributed by atoms with E-state index >= 15 is 0 Å². The first-order valence-electron chi connectivity index (χ1n) is 5.96. The van der Waals surface area contributed by atoms with Gasteiger partial charge in [0.2, 0.25) is 0 Å². The Bertz CT molecular complexity index is 488. The summed E-state index contributed by atoms with van der Waals surface area (Å²) in [7, 11) is 0. The normalized spacial score (nSPS) is 12.4. The maximum atomic E-state index is 10.3. The van der Waals surface area contributed by atoms with Crippen LogP contribution in [0, 0.1) is 13.8 Å². The van der Waals surface area contributed by atoms with Gasteiger partial charge in [-0.1, -0.05) is 54.1 Å². The third-order valence-electron chi connectivity index (χ3n) is 3.07. The number of aryl methyl sites for hydroxylation is 2. The van der Waals surface area contributed by atoms with Crippen molar-refractivity contribution in [3.63, 3.8) is 0 Å². The Balaban J connectivity index is 2.20. The Hall–Kier alpha value is -1.60. The molecule has 0 radical (unpaired) electrons. The molecule has 0 aromatic heterocycles. The van der Waals surface area contributed by atoms with Crippen LogP contribution in [0.25, 0.3) is 0 Å². The first kappa shape index (κ1) is 11.9. The number of aliphatic hydroxyl groups excluding tert-OH is 1. The Morgan fingerprint density at radius 3 is 2.41 bits per heavy atom. The van der Waals surface area contributed by atoms with Crippen LogP contribution in [0.5, 0.6) is 0 Å². The molecular weight excluding hydrogens is 208 g/mol. The summed E-state index contributed by atoms with van der Waals surface area (Å²) in [6.07, 6.45) is 0.253. The van der Waals surface area contributed by atoms with Crippen molar-refractivity contribution in [2.75, 3.05) is 0 Å². The lowest BCUT2D eigenvalue weighted by molar-refractivity contribution is 0.177. The molecule has 2 aromatic rings. The van der Waals surface area contributed by atoms with Crippen molar-refractivity contribution in [2.45, 2.75) is 26.4 Å². The third kappa shape index (κ3) is 2.95. The molecule has 0 saturated heterocycles. The molecule has 17 heavy (non-hydrogen) atoms. The fourth-order valence-corrected chi connectivity index (χ4v) is 2.07. The van der Waals surface area contributed by atoms with Crippen LogP contribution in [-0.4, -0.2) is 5.11 Å². The predicted molar refractivity (Wildman–Crippen MR) is 71.0 cm³/mol. The fourth-order valence-electron chi connectivity index (χ4n) is 2.07. The van der Waals surface area contributed by atoms with E-state index in [1.165, 1.54) is 11.1 Å². The van der Waals surface area contributed by atoms with Gasteiger partial charge in [-0.3, -0.25) is 0 Å². The first-order chi connectivity index (χ1) is 8.16. The van der Waals surface area contributed by atoms with E-state index in [2.05, 4.69) is 25.1 Å². The highest BCUT2D eigenvalue weighted by Crippen LogP contribution is 2.22. The highest BCUT2D eigenvalue weighted by molar-refractivity contribution is 5.33. The van der Waals surface area contributed by atoms with Gasteiger partial charge in [0, 0.05) is 6.42 Å². The average Bonchev–Trinajstić information content (AvgIpc) is 2.33. The fraction of sp³-hybridized carbons (Fsp3) is 0.250. The lowest BCUT2D eigenvalue weighted by atomic mass is 9.96. The number of hydrogen-bond donors (Lipinski definition) is 1. The topological polar surface area (TPSA) is 20.2 Å². The Morgan fingerprint density at radius 1 is 1.00 bits per heavy atom. The maximum absolute atomic E-state index is 10.3. The molecule has 2 rings (SSSR count). The molecule has 0 aliphatic rings. The number of aliphatic hydroxyl groups is 1. The van der Waals surface area contributed by atoms with Gasteiger partial charge in [-0.15, -0.1) is 0 Å². The largest absolute Gasteiger partial charge is 0.388 e. The van der Waals surface area contributed by atoms with E-state index in [0.29, 0.717) is 6.42 Å². The van der Waals surface area contributed by atoms with E-state index in [1.54, 1.807) is 0 Å². The molecule has 88 valence electrons. The van der Waals surface area contributed by atoms with Gasteiger partial charge in [-0.25, -0.2) is 0 Å². The van der Waals surface area contributed by atoms with Crippen molar-refractivity contribution in [3.05, 3.63) is 70.8 Å². The van der Waals surface area contributed by atoms with Crippen LogP contribution in [-0.2, 0) is 6.42 Å². The minimum absolute atomic E-state index is 0.419. The molecular formula is C16H18O. The van der Waals surface area contributed by atoms with Crippen molar-refractivity contribution < 1.29 is 5.11 Å². The minimum atomic E-state index is -0.419. The van der Waals surface area contributed by atoms with E-state index in [9.17, 15) is 5.11 Å². The third-order valence-corrected chi connectivity index (χ3v) is 3.07. The van der Waals surface area contributed by atoms with Gasteiger partial charge in [0.1, 0.15) is 0 Å². The summed E-state index contributed by atoms with van der Waals surface area (Å²) in [5, 5.41) is 10.3. The van der Waals surface area contributed by atoms with Crippen LogP contribution in [0.15, 0.2) is 48.5 Å². The molecule has 0 aliphatic heterocycles. The minimum Gasteiger partial charge on any atom is -0.388 e. The number of benzene rings is 2. The van der Waals surface area contributed by atoms with Gasteiger partial charge in [0.15, 0.2) is 0 Å². The van der Waals surface area contributed by atoms with E-state index in [0.717, 1.165) is 11.1 Å². The molecule has 1 atom stereocenters. The highest BCUT2D eigenvalue weighted by atomic mass is 16.3. The smallest absolute Gasteiger partial charge is 0.0833 e. The first-order valence-corrected chi connectivity index (χ1v) is 5.96. The van der Waals surface area contributed by atoms with E-state index < -0.39 is 6.10 Å². The van der Waals surface area contributed by atoms with Crippen LogP contribution in [0.1, 0.15) is 28.4 Å². The Labute approximate surface area is 103 Å². The second kappa shape index (κ2) is 5.15. The molecule has 0 amide bonds. The van der Waals surface area contributed by atoms with Crippen LogP contribution < -0.4 is 0 Å². The van der Waals surface area contributed by atoms with Crippen LogP contribution in [0.4, 0.5) is 0 Å². The van der Waals surface area contributed by atoms with Crippen molar-refractivity contribution in [2.24, 2.45) is 0 Å². The standard InChI is InChI=1S/C16H18O/c1-12-8-9-13(2)15(10-12)16(17)11-14-6-4-3-5-7-14/h3-10,16-17H,11H2,1-2H3. The molecule has 1 unspecified atom stereocenters. The van der Waals surface area contributed by atoms with Gasteiger partial charge in [-0.2, -0.15) is 0 Å². The monoisotopic (exact) mass is 226 g/mol. The van der Waals surface area contributed by atoms with Gasteiger partial charge in [0.05, 0.1) is 6.10 Å². The Morgan fingerprint density at radius 2 is 1.71 bits per heavy atom. The zero-order valence-electron chi connectivity index (χ0n) is 10.4. The van der Waals surface area contributed by atoms with Crippen molar-refractivity contribution >= 4 is 0 Å². The number of hydrogen-bond acceptors (Lipinski definition) is 1. The molecule has 1 heteroatoms. The summed E-state index contributed by atoms with van der Waals surface area (Å²) in [5.74, 6) is 0. The SMILES string of the molecule is Cc1ccc(C)c(C(O)Cc2ccccc2)c1. The summed E-state index contributed by atoms with van der Waals surface area (Å²) < 4.78 is 0. The highest BCUT2D eigenvalue weighted by Gasteiger charge is 2.11. The van der Waals surface area contributed by atoms with Crippen molar-refractivity contribution in [1.82, 2.24) is 0 Å². The lowest BCUT2D eigenvalue weighted by Crippen LogP contribution is -2.04. The maximum Gasteiger partial charge on any atom is 0.0833 e. The summed E-state index contributed by atoms with van der Waals surface area (Å²) in [4.78, 5) is 0. The summed E-state index contributed by atoms with van der Waals surface area (Å²) in [6.45, 7) is 4.10. The second-order valence-corrected chi connectivity index (χ2v) is 4.57. The number of rotatable bonds is 3. The van der Waals surface area contributed by atoms with E-state index in [1.807, 2.05) is 37.3 Å². The van der Waals surface area contributed by atoms with Gasteiger partial charge in [-0.05, 0) is 30.5 Å². The van der Waals surface area contributed by atoms with Crippen molar-refractivity contribution in [3.8, 4) is 0 Å². The average molecular weight is 226 g/mol. The molecule has 1 nitrogen and oxygen atoms in total. The van der Waals surface area contributed by atoms with Crippen molar-refractivity contribution in [1.29, 1.82) is 0 Å². The predicted octanol–water partition coefficient (Wildman–Crippen LogP) is 3.58. The molecule has 0 spiro atoms. The van der Waals surface area contributed by atoms with Crippen LogP contribution >= 0.6 is 0 Å². The molecule has 0 saturated carbocycles. The molecule has 0 fully saturated rings. The zero-order chi connectivity index (χ0) is 12.3. The van der Waals surface area contributed by atoms with Crippen LogP contribution in [0.3, 0.4) is 0 Å². The van der Waals surface area contributed by atoms with Gasteiger partial charge < -0.3 is 5.11 Å². The molecule has 0 aliphatic carbocycles. The van der Waals surface area contributed by atoms with E-state index in [4.69, 9.17) is 0 Å². The van der Waals surface area contributed by atoms with Gasteiger partial charge in [0.25, 0.3) is 0 Å². The lowest BCUT2D eigenvalue weighted by Gasteiger charge is -2.14. The molecule has 0 bridgehead atoms. The second-order valence-electron chi connectivity index (χ2n) is 4.57. The van der Waals surface area contributed by atoms with Crippen LogP contribution in [0.2, 0.25) is 0 Å². The Kier molecular flexibility index (Phi) is 3.60. The quantitative estimate of drug-likeness (QED) is 0.848. The van der Waals surface area contributed by atoms with E-state index in [-0.39, 0.29) is 0 Å². The summed E-state index contributed by atoms with van der Waals surface area (Å²) >= 11 is 0. The molecule has 0 heterocycles. The summed E-state index contributed by atoms with van der Waals surface area (Å²) in [6, 6.07) is 16.3. The molecule has 2 aromatic carbocycles.